The Bertz CT molecular complexity index is 658. The third-order valence-electron chi connectivity index (χ3n) is 5.53. The van der Waals surface area contributed by atoms with Gasteiger partial charge in [-0.05, 0) is 73.1 Å². The fourth-order valence-corrected chi connectivity index (χ4v) is 3.97. The van der Waals surface area contributed by atoms with Gasteiger partial charge in [0.1, 0.15) is 0 Å². The number of allylic oxidation sites excluding steroid dienone is 2. The second-order valence-corrected chi connectivity index (χ2v) is 7.27. The number of methoxy groups -OCH3 is 1. The number of hydrogen-bond donors (Lipinski definition) is 0. The van der Waals surface area contributed by atoms with E-state index >= 15 is 0 Å². The highest BCUT2D eigenvalue weighted by molar-refractivity contribution is 5.64. The zero-order chi connectivity index (χ0) is 17.5. The van der Waals surface area contributed by atoms with E-state index in [4.69, 9.17) is 4.74 Å². The molecule has 0 radical (unpaired) electrons. The molecule has 1 fully saturated rings. The Morgan fingerprint density at radius 1 is 0.880 bits per heavy atom. The van der Waals surface area contributed by atoms with E-state index < -0.39 is 0 Å². The Morgan fingerprint density at radius 2 is 1.48 bits per heavy atom. The second kappa shape index (κ2) is 9.01. The standard InChI is InChI=1S/C24H30O/c1-3-4-5-19-6-10-21(11-7-19)23-14-16-24(17-15-23)22-12-8-20(9-13-22)18-25-2/h3-4,8-9,12-17,19,21H,5-7,10-11,18H2,1-2H3/b4-3+/t19-,21-. The van der Waals surface area contributed by atoms with Crippen molar-refractivity contribution in [3.05, 3.63) is 71.8 Å². The minimum atomic E-state index is 0.677. The summed E-state index contributed by atoms with van der Waals surface area (Å²) in [5, 5.41) is 0. The van der Waals surface area contributed by atoms with Crippen LogP contribution in [0.15, 0.2) is 60.7 Å². The summed E-state index contributed by atoms with van der Waals surface area (Å²) >= 11 is 0. The lowest BCUT2D eigenvalue weighted by Gasteiger charge is -2.28. The number of rotatable bonds is 6. The van der Waals surface area contributed by atoms with Crippen molar-refractivity contribution in [2.75, 3.05) is 7.11 Å². The van der Waals surface area contributed by atoms with Crippen LogP contribution in [0, 0.1) is 5.92 Å². The topological polar surface area (TPSA) is 9.23 Å². The van der Waals surface area contributed by atoms with Gasteiger partial charge in [-0.2, -0.15) is 0 Å². The van der Waals surface area contributed by atoms with Crippen LogP contribution < -0.4 is 0 Å². The number of benzene rings is 2. The summed E-state index contributed by atoms with van der Waals surface area (Å²) in [5.41, 5.74) is 5.32. The first kappa shape index (κ1) is 17.9. The van der Waals surface area contributed by atoms with Gasteiger partial charge in [-0.25, -0.2) is 0 Å². The van der Waals surface area contributed by atoms with Crippen LogP contribution in [-0.4, -0.2) is 7.11 Å². The maximum atomic E-state index is 5.18. The highest BCUT2D eigenvalue weighted by Crippen LogP contribution is 2.37. The monoisotopic (exact) mass is 334 g/mol. The number of ether oxygens (including phenoxy) is 1. The molecule has 1 heteroatoms. The fraction of sp³-hybridized carbons (Fsp3) is 0.417. The van der Waals surface area contributed by atoms with Crippen LogP contribution in [0.4, 0.5) is 0 Å². The Morgan fingerprint density at radius 3 is 2.04 bits per heavy atom. The van der Waals surface area contributed by atoms with E-state index in [-0.39, 0.29) is 0 Å². The summed E-state index contributed by atoms with van der Waals surface area (Å²) < 4.78 is 5.18. The minimum Gasteiger partial charge on any atom is -0.380 e. The van der Waals surface area contributed by atoms with Crippen LogP contribution >= 0.6 is 0 Å². The fourth-order valence-electron chi connectivity index (χ4n) is 3.97. The molecule has 1 aliphatic rings. The van der Waals surface area contributed by atoms with Crippen molar-refractivity contribution in [1.29, 1.82) is 0 Å². The molecule has 0 spiro atoms. The first-order valence-electron chi connectivity index (χ1n) is 9.59. The van der Waals surface area contributed by atoms with Gasteiger partial charge in [0, 0.05) is 7.11 Å². The smallest absolute Gasteiger partial charge is 0.0713 e. The van der Waals surface area contributed by atoms with Gasteiger partial charge in [0.2, 0.25) is 0 Å². The molecule has 132 valence electrons. The van der Waals surface area contributed by atoms with Crippen molar-refractivity contribution in [2.24, 2.45) is 5.92 Å². The Hall–Kier alpha value is -1.86. The van der Waals surface area contributed by atoms with Crippen molar-refractivity contribution in [1.82, 2.24) is 0 Å². The molecule has 0 bridgehead atoms. The quantitative estimate of drug-likeness (QED) is 0.531. The van der Waals surface area contributed by atoms with Crippen LogP contribution in [0.1, 0.15) is 56.1 Å². The van der Waals surface area contributed by atoms with Crippen LogP contribution in [0.2, 0.25) is 0 Å². The van der Waals surface area contributed by atoms with Gasteiger partial charge >= 0.3 is 0 Å². The van der Waals surface area contributed by atoms with Crippen molar-refractivity contribution >= 4 is 0 Å². The molecule has 1 nitrogen and oxygen atoms in total. The van der Waals surface area contributed by atoms with Gasteiger partial charge in [0.15, 0.2) is 0 Å². The maximum absolute atomic E-state index is 5.18. The molecule has 0 unspecified atom stereocenters. The van der Waals surface area contributed by atoms with Gasteiger partial charge < -0.3 is 4.74 Å². The summed E-state index contributed by atoms with van der Waals surface area (Å²) in [4.78, 5) is 0. The zero-order valence-electron chi connectivity index (χ0n) is 15.6. The molecule has 0 atom stereocenters. The first-order valence-corrected chi connectivity index (χ1v) is 9.59. The largest absolute Gasteiger partial charge is 0.380 e. The molecule has 0 amide bonds. The lowest BCUT2D eigenvalue weighted by Crippen LogP contribution is -2.12. The summed E-state index contributed by atoms with van der Waals surface area (Å²) in [6.07, 6.45) is 11.2. The molecule has 0 N–H and O–H groups in total. The molecule has 25 heavy (non-hydrogen) atoms. The van der Waals surface area contributed by atoms with Gasteiger partial charge in [-0.1, -0.05) is 60.7 Å². The van der Waals surface area contributed by atoms with Crippen LogP contribution in [0.3, 0.4) is 0 Å². The molecule has 3 rings (SSSR count). The van der Waals surface area contributed by atoms with Crippen LogP contribution in [-0.2, 0) is 11.3 Å². The van der Waals surface area contributed by atoms with Gasteiger partial charge in [-0.15, -0.1) is 0 Å². The van der Waals surface area contributed by atoms with Gasteiger partial charge in [0.25, 0.3) is 0 Å². The van der Waals surface area contributed by atoms with Gasteiger partial charge in [-0.3, -0.25) is 0 Å². The van der Waals surface area contributed by atoms with E-state index in [2.05, 4.69) is 67.6 Å². The highest BCUT2D eigenvalue weighted by atomic mass is 16.5. The molecular formula is C24H30O. The van der Waals surface area contributed by atoms with E-state index in [1.165, 1.54) is 54.4 Å². The predicted octanol–water partition coefficient (Wildman–Crippen LogP) is 6.74. The average molecular weight is 335 g/mol. The van der Waals surface area contributed by atoms with E-state index in [1.54, 1.807) is 7.11 Å². The summed E-state index contributed by atoms with van der Waals surface area (Å²) in [7, 11) is 1.74. The molecule has 0 saturated heterocycles. The lowest BCUT2D eigenvalue weighted by molar-refractivity contribution is 0.185. The molecule has 2 aromatic rings. The number of hydrogen-bond acceptors (Lipinski definition) is 1. The molecule has 0 aliphatic heterocycles. The van der Waals surface area contributed by atoms with Crippen molar-refractivity contribution < 1.29 is 4.74 Å². The van der Waals surface area contributed by atoms with Crippen LogP contribution in [0.5, 0.6) is 0 Å². The van der Waals surface area contributed by atoms with Crippen molar-refractivity contribution in [3.8, 4) is 11.1 Å². The van der Waals surface area contributed by atoms with E-state index in [1.807, 2.05) is 0 Å². The zero-order valence-corrected chi connectivity index (χ0v) is 15.6. The highest BCUT2D eigenvalue weighted by Gasteiger charge is 2.21. The first-order chi connectivity index (χ1) is 12.3. The minimum absolute atomic E-state index is 0.677. The van der Waals surface area contributed by atoms with Crippen molar-refractivity contribution in [2.45, 2.75) is 51.6 Å². The average Bonchev–Trinajstić information content (AvgIpc) is 2.68. The molecule has 0 aromatic heterocycles. The molecule has 0 heterocycles. The summed E-state index contributed by atoms with van der Waals surface area (Å²) in [5.74, 6) is 1.65. The second-order valence-electron chi connectivity index (χ2n) is 7.27. The third-order valence-corrected chi connectivity index (χ3v) is 5.53. The third kappa shape index (κ3) is 4.83. The SMILES string of the molecule is C/C=C/C[C@H]1CC[C@H](c2ccc(-c3ccc(COC)cc3)cc2)CC1. The van der Waals surface area contributed by atoms with E-state index in [0.29, 0.717) is 6.61 Å². The van der Waals surface area contributed by atoms with Gasteiger partial charge in [0.05, 0.1) is 6.61 Å². The molecule has 1 saturated carbocycles. The maximum Gasteiger partial charge on any atom is 0.0713 e. The van der Waals surface area contributed by atoms with Crippen molar-refractivity contribution in [3.63, 3.8) is 0 Å². The Balaban J connectivity index is 1.61. The Labute approximate surface area is 152 Å². The van der Waals surface area contributed by atoms with Crippen LogP contribution in [0.25, 0.3) is 11.1 Å². The normalized spacial score (nSPS) is 20.9. The summed E-state index contributed by atoms with van der Waals surface area (Å²) in [6.45, 7) is 2.80. The van der Waals surface area contributed by atoms with E-state index in [9.17, 15) is 0 Å². The molecular weight excluding hydrogens is 304 g/mol. The summed E-state index contributed by atoms with van der Waals surface area (Å²) in [6, 6.07) is 17.9. The van der Waals surface area contributed by atoms with E-state index in [0.717, 1.165) is 11.8 Å². The predicted molar refractivity (Wildman–Crippen MR) is 107 cm³/mol. The molecule has 2 aromatic carbocycles. The lowest BCUT2D eigenvalue weighted by atomic mass is 9.77. The Kier molecular flexibility index (Phi) is 6.47. The molecule has 1 aliphatic carbocycles.